The van der Waals surface area contributed by atoms with Crippen LogP contribution in [0.3, 0.4) is 0 Å². The first-order chi connectivity index (χ1) is 16.7. The Hall–Kier alpha value is -0.860. The monoisotopic (exact) mass is 468 g/mol. The molecule has 34 heavy (non-hydrogen) atoms. The summed E-state index contributed by atoms with van der Waals surface area (Å²) in [6.45, 7) is 0. The van der Waals surface area contributed by atoms with Crippen molar-refractivity contribution in [3.8, 4) is 0 Å². The lowest BCUT2D eigenvalue weighted by Gasteiger charge is -2.41. The van der Waals surface area contributed by atoms with E-state index >= 15 is 0 Å². The van der Waals surface area contributed by atoms with Crippen LogP contribution in [0, 0.1) is 5.92 Å². The van der Waals surface area contributed by atoms with Crippen LogP contribution in [-0.2, 0) is 0 Å². The number of allylic oxidation sites excluding steroid dienone is 3. The number of rotatable bonds is 4. The van der Waals surface area contributed by atoms with E-state index in [1.54, 1.807) is 11.1 Å². The molecule has 0 fully saturated rings. The minimum absolute atomic E-state index is 0.195. The number of nitrogens with two attached hydrogens (primary N) is 2. The lowest BCUT2D eigenvalue weighted by atomic mass is 9.71. The maximum Gasteiger partial charge on any atom is 0.0963 e. The third-order valence-corrected chi connectivity index (χ3v) is 8.72. The summed E-state index contributed by atoms with van der Waals surface area (Å²) in [4.78, 5) is 0. The summed E-state index contributed by atoms with van der Waals surface area (Å²) in [6, 6.07) is 0. The van der Waals surface area contributed by atoms with Crippen LogP contribution in [0.4, 0.5) is 0 Å². The van der Waals surface area contributed by atoms with E-state index in [1.807, 2.05) is 0 Å². The van der Waals surface area contributed by atoms with Crippen molar-refractivity contribution < 1.29 is 0 Å². The average molecular weight is 469 g/mol. The molecular weight excluding hydrogens is 412 g/mol. The highest BCUT2D eigenvalue weighted by Crippen LogP contribution is 2.40. The molecule has 0 radical (unpaired) electrons. The minimum Gasteiger partial charge on any atom is -0.309 e. The van der Waals surface area contributed by atoms with E-state index < -0.39 is 5.66 Å². The molecule has 0 aromatic rings. The van der Waals surface area contributed by atoms with Crippen LogP contribution >= 0.6 is 0 Å². The lowest BCUT2D eigenvalue weighted by molar-refractivity contribution is 0.371. The van der Waals surface area contributed by atoms with Crippen molar-refractivity contribution in [2.75, 3.05) is 0 Å². The van der Waals surface area contributed by atoms with Gasteiger partial charge in [0.2, 0.25) is 0 Å². The molecule has 3 aliphatic rings. The fraction of sp³-hybridized carbons (Fsp3) is 0.812. The van der Waals surface area contributed by atoms with Crippen LogP contribution in [0.2, 0.25) is 0 Å². The Kier molecular flexibility index (Phi) is 13.0. The van der Waals surface area contributed by atoms with Gasteiger partial charge in [-0.25, -0.2) is 0 Å². The van der Waals surface area contributed by atoms with Crippen molar-refractivity contribution in [3.05, 3.63) is 34.9 Å². The fourth-order valence-corrected chi connectivity index (χ4v) is 6.64. The molecule has 0 aliphatic heterocycles. The van der Waals surface area contributed by atoms with Crippen LogP contribution in [-0.4, -0.2) is 5.66 Å². The van der Waals surface area contributed by atoms with Gasteiger partial charge in [0.25, 0.3) is 0 Å². The topological polar surface area (TPSA) is 52.0 Å². The van der Waals surface area contributed by atoms with Crippen molar-refractivity contribution in [1.82, 2.24) is 0 Å². The van der Waals surface area contributed by atoms with Gasteiger partial charge in [0.05, 0.1) is 5.66 Å². The van der Waals surface area contributed by atoms with Crippen molar-refractivity contribution in [2.45, 2.75) is 160 Å². The van der Waals surface area contributed by atoms with E-state index in [9.17, 15) is 0 Å². The largest absolute Gasteiger partial charge is 0.309 e. The van der Waals surface area contributed by atoms with Crippen LogP contribution in [0.15, 0.2) is 34.9 Å². The van der Waals surface area contributed by atoms with Gasteiger partial charge >= 0.3 is 0 Å². The summed E-state index contributed by atoms with van der Waals surface area (Å²) in [7, 11) is 0. The van der Waals surface area contributed by atoms with Crippen molar-refractivity contribution in [3.63, 3.8) is 0 Å². The van der Waals surface area contributed by atoms with Gasteiger partial charge in [-0.05, 0) is 82.6 Å². The van der Waals surface area contributed by atoms with E-state index in [0.29, 0.717) is 0 Å². The quantitative estimate of drug-likeness (QED) is 0.319. The highest BCUT2D eigenvalue weighted by molar-refractivity contribution is 5.35. The summed E-state index contributed by atoms with van der Waals surface area (Å²) in [5.41, 5.74) is 18.5. The second-order valence-electron chi connectivity index (χ2n) is 11.6. The van der Waals surface area contributed by atoms with Crippen molar-refractivity contribution in [1.29, 1.82) is 0 Å². The molecule has 0 spiro atoms. The highest BCUT2D eigenvalue weighted by Gasteiger charge is 2.38. The maximum atomic E-state index is 7.36. The summed E-state index contributed by atoms with van der Waals surface area (Å²) < 4.78 is 0. The molecule has 3 rings (SSSR count). The molecule has 0 amide bonds. The minimum atomic E-state index is -0.745. The predicted molar refractivity (Wildman–Crippen MR) is 150 cm³/mol. The third kappa shape index (κ3) is 9.30. The smallest absolute Gasteiger partial charge is 0.0963 e. The molecule has 0 unspecified atom stereocenters. The van der Waals surface area contributed by atoms with E-state index in [0.717, 1.165) is 12.8 Å². The Bertz CT molecular complexity index is 620. The molecule has 0 aromatic heterocycles. The van der Waals surface area contributed by atoms with Crippen LogP contribution in [0.1, 0.15) is 154 Å². The number of hydrogen-bond acceptors (Lipinski definition) is 2. The second-order valence-corrected chi connectivity index (χ2v) is 11.6. The average Bonchev–Trinajstić information content (AvgIpc) is 2.85. The van der Waals surface area contributed by atoms with Crippen LogP contribution in [0.5, 0.6) is 0 Å². The molecule has 2 nitrogen and oxygen atoms in total. The van der Waals surface area contributed by atoms with Gasteiger partial charge in [0.15, 0.2) is 0 Å². The van der Waals surface area contributed by atoms with Gasteiger partial charge in [-0.1, -0.05) is 106 Å². The Morgan fingerprint density at radius 3 is 1.26 bits per heavy atom. The zero-order valence-corrected chi connectivity index (χ0v) is 22.4. The highest BCUT2D eigenvalue weighted by atomic mass is 15.0. The van der Waals surface area contributed by atoms with Crippen LogP contribution < -0.4 is 11.5 Å². The molecule has 0 saturated heterocycles. The number of hydrogen-bond donors (Lipinski definition) is 2. The SMILES string of the molecule is NC(N)(C1=CCCCCCCCC1)C(C1=CCCCCCCCC1)C1=CCCCCCCCC1. The van der Waals surface area contributed by atoms with Crippen molar-refractivity contribution in [2.24, 2.45) is 17.4 Å². The fourth-order valence-electron chi connectivity index (χ4n) is 6.64. The summed E-state index contributed by atoms with van der Waals surface area (Å²) >= 11 is 0. The molecule has 0 saturated carbocycles. The zero-order valence-electron chi connectivity index (χ0n) is 22.4. The van der Waals surface area contributed by atoms with Gasteiger partial charge in [0, 0.05) is 5.92 Å². The van der Waals surface area contributed by atoms with Crippen LogP contribution in [0.25, 0.3) is 0 Å². The first kappa shape index (κ1) is 27.7. The summed E-state index contributed by atoms with van der Waals surface area (Å²) in [6.07, 6.45) is 38.9. The first-order valence-corrected chi connectivity index (χ1v) is 15.3. The second kappa shape index (κ2) is 16.0. The molecule has 0 aromatic carbocycles. The summed E-state index contributed by atoms with van der Waals surface area (Å²) in [5, 5.41) is 0. The first-order valence-electron chi connectivity index (χ1n) is 15.3. The van der Waals surface area contributed by atoms with E-state index in [1.165, 1.54) is 147 Å². The molecule has 0 atom stereocenters. The molecular formula is C32H56N2. The molecule has 4 N–H and O–H groups in total. The molecule has 3 aliphatic carbocycles. The normalized spacial score (nSPS) is 24.7. The summed E-state index contributed by atoms with van der Waals surface area (Å²) in [5.74, 6) is 0.195. The molecule has 0 bridgehead atoms. The van der Waals surface area contributed by atoms with Gasteiger partial charge < -0.3 is 11.5 Å². The Morgan fingerprint density at radius 2 is 0.794 bits per heavy atom. The third-order valence-electron chi connectivity index (χ3n) is 8.72. The van der Waals surface area contributed by atoms with Gasteiger partial charge in [0.1, 0.15) is 0 Å². The standard InChI is InChI=1S/C32H56N2/c33-32(34,30-26-20-14-8-3-9-15-21-27-30)31(28-22-16-10-4-1-5-11-17-23-28)29-24-18-12-6-2-7-13-19-25-29/h22,24,26,31H,1-21,23,25,27,33-34H2. The predicted octanol–water partition coefficient (Wildman–Crippen LogP) is 9.40. The van der Waals surface area contributed by atoms with Gasteiger partial charge in [-0.3, -0.25) is 0 Å². The molecule has 194 valence electrons. The molecule has 2 heteroatoms. The van der Waals surface area contributed by atoms with Gasteiger partial charge in [-0.2, -0.15) is 0 Å². The van der Waals surface area contributed by atoms with Gasteiger partial charge in [-0.15, -0.1) is 0 Å². The Labute approximate surface area is 212 Å². The molecule has 0 heterocycles. The Balaban J connectivity index is 1.95. The Morgan fingerprint density at radius 1 is 0.441 bits per heavy atom. The maximum absolute atomic E-state index is 7.36. The van der Waals surface area contributed by atoms with E-state index in [2.05, 4.69) is 18.2 Å². The van der Waals surface area contributed by atoms with E-state index in [-0.39, 0.29) is 5.92 Å². The zero-order chi connectivity index (χ0) is 23.9. The van der Waals surface area contributed by atoms with Crippen molar-refractivity contribution >= 4 is 0 Å². The van der Waals surface area contributed by atoms with E-state index in [4.69, 9.17) is 11.5 Å². The lowest BCUT2D eigenvalue weighted by Crippen LogP contribution is -2.58.